The minimum Gasteiger partial charge on any atom is -0.467 e. The van der Waals surface area contributed by atoms with Crippen molar-refractivity contribution < 1.29 is 4.42 Å². The van der Waals surface area contributed by atoms with Crippen molar-refractivity contribution in [2.45, 2.75) is 19.9 Å². The molecule has 0 aromatic carbocycles. The molecule has 0 aliphatic heterocycles. The fraction of sp³-hybridized carbons (Fsp3) is 0.300. The van der Waals surface area contributed by atoms with E-state index in [0.29, 0.717) is 5.82 Å². The summed E-state index contributed by atoms with van der Waals surface area (Å²) in [7, 11) is 0. The van der Waals surface area contributed by atoms with E-state index in [0.717, 1.165) is 11.3 Å². The molecule has 4 heteroatoms. The molecule has 14 heavy (non-hydrogen) atoms. The lowest BCUT2D eigenvalue weighted by Crippen LogP contribution is -2.10. The minimum absolute atomic E-state index is 0.0405. The predicted octanol–water partition coefficient (Wildman–Crippen LogP) is 1.98. The third-order valence-corrected chi connectivity index (χ3v) is 2.35. The number of hydrogen-bond donors (Lipinski definition) is 1. The Balaban J connectivity index is 2.36. The average molecular weight is 191 g/mol. The molecular formula is C10H13N3O. The van der Waals surface area contributed by atoms with Crippen LogP contribution in [0, 0.1) is 6.92 Å². The molecular weight excluding hydrogens is 178 g/mol. The van der Waals surface area contributed by atoms with Gasteiger partial charge in [0.25, 0.3) is 0 Å². The van der Waals surface area contributed by atoms with Crippen molar-refractivity contribution in [1.82, 2.24) is 9.78 Å². The van der Waals surface area contributed by atoms with E-state index in [1.165, 1.54) is 0 Å². The number of anilines is 1. The molecule has 0 amide bonds. The molecule has 0 aliphatic carbocycles. The van der Waals surface area contributed by atoms with Crippen molar-refractivity contribution in [3.8, 4) is 0 Å². The lowest BCUT2D eigenvalue weighted by molar-refractivity contribution is 0.428. The van der Waals surface area contributed by atoms with Gasteiger partial charge in [0.1, 0.15) is 17.6 Å². The molecule has 2 heterocycles. The summed E-state index contributed by atoms with van der Waals surface area (Å²) in [6.07, 6.45) is 3.41. The molecule has 0 aliphatic rings. The van der Waals surface area contributed by atoms with Crippen LogP contribution < -0.4 is 5.73 Å². The largest absolute Gasteiger partial charge is 0.467 e. The van der Waals surface area contributed by atoms with E-state index >= 15 is 0 Å². The Labute approximate surface area is 82.3 Å². The number of nitrogens with zero attached hydrogens (tertiary/aromatic N) is 2. The van der Waals surface area contributed by atoms with Crippen molar-refractivity contribution in [1.29, 1.82) is 0 Å². The van der Waals surface area contributed by atoms with Crippen molar-refractivity contribution in [3.05, 3.63) is 35.9 Å². The van der Waals surface area contributed by atoms with Gasteiger partial charge in [0.15, 0.2) is 0 Å². The minimum atomic E-state index is 0.0405. The second kappa shape index (κ2) is 3.21. The normalized spacial score (nSPS) is 13.0. The highest BCUT2D eigenvalue weighted by Gasteiger charge is 2.14. The number of furan rings is 1. The van der Waals surface area contributed by atoms with Crippen molar-refractivity contribution in [3.63, 3.8) is 0 Å². The molecule has 2 aromatic rings. The Bertz CT molecular complexity index is 417. The smallest absolute Gasteiger partial charge is 0.128 e. The Hall–Kier alpha value is -1.71. The molecule has 0 saturated heterocycles. The van der Waals surface area contributed by atoms with Gasteiger partial charge in [-0.05, 0) is 26.0 Å². The molecule has 2 aromatic heterocycles. The Morgan fingerprint density at radius 1 is 1.57 bits per heavy atom. The quantitative estimate of drug-likeness (QED) is 0.789. The lowest BCUT2D eigenvalue weighted by atomic mass is 10.2. The van der Waals surface area contributed by atoms with Crippen LogP contribution >= 0.6 is 0 Å². The first-order valence-corrected chi connectivity index (χ1v) is 4.53. The van der Waals surface area contributed by atoms with E-state index in [1.54, 1.807) is 17.1 Å². The van der Waals surface area contributed by atoms with Gasteiger partial charge in [0, 0.05) is 5.56 Å². The highest BCUT2D eigenvalue weighted by Crippen LogP contribution is 2.22. The standard InChI is InChI=1S/C10H13N3O/c1-7-6-12-13(10(7)11)8(2)9-4-3-5-14-9/h3-6,8H,11H2,1-2H3. The van der Waals surface area contributed by atoms with E-state index in [2.05, 4.69) is 5.10 Å². The number of aryl methyl sites for hydroxylation is 1. The first kappa shape index (κ1) is 8.87. The fourth-order valence-electron chi connectivity index (χ4n) is 1.42. The first-order chi connectivity index (χ1) is 6.70. The number of nitrogens with two attached hydrogens (primary N) is 1. The molecule has 0 bridgehead atoms. The van der Waals surface area contributed by atoms with E-state index in [9.17, 15) is 0 Å². The maximum atomic E-state index is 5.87. The molecule has 74 valence electrons. The van der Waals surface area contributed by atoms with Gasteiger partial charge in [-0.3, -0.25) is 0 Å². The maximum absolute atomic E-state index is 5.87. The first-order valence-electron chi connectivity index (χ1n) is 4.53. The number of rotatable bonds is 2. The number of nitrogen functional groups attached to an aromatic ring is 1. The summed E-state index contributed by atoms with van der Waals surface area (Å²) in [5.74, 6) is 1.55. The summed E-state index contributed by atoms with van der Waals surface area (Å²) in [5.41, 5.74) is 6.86. The van der Waals surface area contributed by atoms with Crippen LogP contribution in [0.25, 0.3) is 0 Å². The van der Waals surface area contributed by atoms with Gasteiger partial charge in [-0.2, -0.15) is 5.10 Å². The average Bonchev–Trinajstić information content (AvgIpc) is 2.77. The van der Waals surface area contributed by atoms with Gasteiger partial charge >= 0.3 is 0 Å². The molecule has 0 spiro atoms. The zero-order valence-electron chi connectivity index (χ0n) is 8.27. The van der Waals surface area contributed by atoms with E-state index < -0.39 is 0 Å². The predicted molar refractivity (Wildman–Crippen MR) is 53.9 cm³/mol. The number of aromatic nitrogens is 2. The Morgan fingerprint density at radius 3 is 2.86 bits per heavy atom. The fourth-order valence-corrected chi connectivity index (χ4v) is 1.42. The summed E-state index contributed by atoms with van der Waals surface area (Å²) in [5, 5.41) is 4.20. The van der Waals surface area contributed by atoms with Gasteiger partial charge < -0.3 is 10.2 Å². The van der Waals surface area contributed by atoms with E-state index in [1.807, 2.05) is 26.0 Å². The molecule has 1 atom stereocenters. The summed E-state index contributed by atoms with van der Waals surface area (Å²) >= 11 is 0. The summed E-state index contributed by atoms with van der Waals surface area (Å²) in [6.45, 7) is 3.94. The molecule has 0 saturated carbocycles. The van der Waals surface area contributed by atoms with E-state index in [4.69, 9.17) is 10.2 Å². The molecule has 0 radical (unpaired) electrons. The third-order valence-electron chi connectivity index (χ3n) is 2.35. The molecule has 4 nitrogen and oxygen atoms in total. The van der Waals surface area contributed by atoms with Crippen LogP contribution in [-0.2, 0) is 0 Å². The van der Waals surface area contributed by atoms with Crippen LogP contribution in [0.1, 0.15) is 24.3 Å². The van der Waals surface area contributed by atoms with Gasteiger partial charge in [-0.25, -0.2) is 4.68 Å². The molecule has 1 unspecified atom stereocenters. The van der Waals surface area contributed by atoms with Crippen LogP contribution in [0.3, 0.4) is 0 Å². The zero-order chi connectivity index (χ0) is 10.1. The number of hydrogen-bond acceptors (Lipinski definition) is 3. The lowest BCUT2D eigenvalue weighted by Gasteiger charge is -2.11. The second-order valence-electron chi connectivity index (χ2n) is 3.35. The van der Waals surface area contributed by atoms with Crippen LogP contribution in [0.5, 0.6) is 0 Å². The van der Waals surface area contributed by atoms with Gasteiger partial charge in [0.2, 0.25) is 0 Å². The summed E-state index contributed by atoms with van der Waals surface area (Å²) in [6, 6.07) is 3.82. The Morgan fingerprint density at radius 2 is 2.36 bits per heavy atom. The van der Waals surface area contributed by atoms with Crippen LogP contribution in [0.15, 0.2) is 29.0 Å². The third kappa shape index (κ3) is 1.28. The molecule has 2 N–H and O–H groups in total. The van der Waals surface area contributed by atoms with Crippen molar-refractivity contribution >= 4 is 5.82 Å². The van der Waals surface area contributed by atoms with Gasteiger partial charge in [-0.15, -0.1) is 0 Å². The summed E-state index contributed by atoms with van der Waals surface area (Å²) < 4.78 is 7.06. The maximum Gasteiger partial charge on any atom is 0.128 e. The van der Waals surface area contributed by atoms with Crippen LogP contribution in [0.4, 0.5) is 5.82 Å². The van der Waals surface area contributed by atoms with E-state index in [-0.39, 0.29) is 6.04 Å². The Kier molecular flexibility index (Phi) is 2.04. The monoisotopic (exact) mass is 191 g/mol. The molecule has 0 fully saturated rings. The highest BCUT2D eigenvalue weighted by molar-refractivity contribution is 5.38. The van der Waals surface area contributed by atoms with Crippen molar-refractivity contribution in [2.24, 2.45) is 0 Å². The summed E-state index contributed by atoms with van der Waals surface area (Å²) in [4.78, 5) is 0. The second-order valence-corrected chi connectivity index (χ2v) is 3.35. The topological polar surface area (TPSA) is 57.0 Å². The highest BCUT2D eigenvalue weighted by atomic mass is 16.3. The SMILES string of the molecule is Cc1cnn(C(C)c2ccco2)c1N. The molecule has 2 rings (SSSR count). The van der Waals surface area contributed by atoms with Crippen LogP contribution in [-0.4, -0.2) is 9.78 Å². The van der Waals surface area contributed by atoms with Gasteiger partial charge in [0.05, 0.1) is 12.5 Å². The van der Waals surface area contributed by atoms with Gasteiger partial charge in [-0.1, -0.05) is 0 Å². The zero-order valence-corrected chi connectivity index (χ0v) is 8.27. The van der Waals surface area contributed by atoms with Crippen LogP contribution in [0.2, 0.25) is 0 Å². The van der Waals surface area contributed by atoms with Crippen molar-refractivity contribution in [2.75, 3.05) is 5.73 Å².